The number of aromatic nitrogens is 2. The van der Waals surface area contributed by atoms with Gasteiger partial charge in [0.2, 0.25) is 0 Å². The van der Waals surface area contributed by atoms with Gasteiger partial charge >= 0.3 is 0 Å². The van der Waals surface area contributed by atoms with E-state index in [-0.39, 0.29) is 0 Å². The third kappa shape index (κ3) is 3.74. The molecule has 1 heterocycles. The van der Waals surface area contributed by atoms with Gasteiger partial charge in [0, 0.05) is 17.1 Å². The Labute approximate surface area is 139 Å². The normalized spacial score (nSPS) is 10.7. The molecule has 112 valence electrons. The van der Waals surface area contributed by atoms with Crippen LogP contribution in [-0.4, -0.2) is 16.5 Å². The second-order valence-corrected chi connectivity index (χ2v) is 6.10. The summed E-state index contributed by atoms with van der Waals surface area (Å²) < 4.78 is 0.945. The molecule has 3 nitrogen and oxygen atoms in total. The van der Waals surface area contributed by atoms with Crippen molar-refractivity contribution in [3.63, 3.8) is 0 Å². The lowest BCUT2D eigenvalue weighted by molar-refractivity contribution is 0.944. The number of aryl methyl sites for hydroxylation is 2. The van der Waals surface area contributed by atoms with E-state index in [0.717, 1.165) is 51.5 Å². The molecule has 0 saturated carbocycles. The number of hydrogen-bond acceptors (Lipinski definition) is 3. The van der Waals surface area contributed by atoms with Crippen LogP contribution in [0.15, 0.2) is 22.7 Å². The number of rotatable bonds is 5. The van der Waals surface area contributed by atoms with Crippen molar-refractivity contribution >= 4 is 33.3 Å². The van der Waals surface area contributed by atoms with Gasteiger partial charge in [-0.1, -0.05) is 37.6 Å². The number of nitrogens with zero attached hydrogens (tertiary/aromatic N) is 2. The summed E-state index contributed by atoms with van der Waals surface area (Å²) in [5, 5.41) is 4.08. The highest BCUT2D eigenvalue weighted by molar-refractivity contribution is 9.10. The van der Waals surface area contributed by atoms with E-state index < -0.39 is 0 Å². The van der Waals surface area contributed by atoms with Crippen LogP contribution in [0, 0.1) is 6.92 Å². The van der Waals surface area contributed by atoms with E-state index in [1.54, 1.807) is 0 Å². The van der Waals surface area contributed by atoms with E-state index >= 15 is 0 Å². The van der Waals surface area contributed by atoms with E-state index in [9.17, 15) is 0 Å². The molecule has 0 aliphatic carbocycles. The predicted molar refractivity (Wildman–Crippen MR) is 93.1 cm³/mol. The van der Waals surface area contributed by atoms with Crippen molar-refractivity contribution in [2.45, 2.75) is 33.6 Å². The monoisotopic (exact) mass is 367 g/mol. The summed E-state index contributed by atoms with van der Waals surface area (Å²) in [7, 11) is 0. The smallest absolute Gasteiger partial charge is 0.161 e. The van der Waals surface area contributed by atoms with Gasteiger partial charge in [-0.25, -0.2) is 9.97 Å². The summed E-state index contributed by atoms with van der Waals surface area (Å²) in [4.78, 5) is 9.28. The molecule has 0 amide bonds. The number of halogens is 2. The lowest BCUT2D eigenvalue weighted by Crippen LogP contribution is -2.07. The fourth-order valence-electron chi connectivity index (χ4n) is 1.95. The molecule has 1 N–H and O–H groups in total. The molecule has 0 bridgehead atoms. The number of nitrogens with one attached hydrogen (secondary N) is 1. The summed E-state index contributed by atoms with van der Waals surface area (Å²) in [6.07, 6.45) is 1.89. The van der Waals surface area contributed by atoms with Crippen molar-refractivity contribution in [3.8, 4) is 11.4 Å². The molecule has 2 aromatic rings. The summed E-state index contributed by atoms with van der Waals surface area (Å²) in [6, 6.07) is 5.92. The Morgan fingerprint density at radius 3 is 2.62 bits per heavy atom. The first-order chi connectivity index (χ1) is 10.1. The van der Waals surface area contributed by atoms with E-state index in [0.29, 0.717) is 5.82 Å². The maximum Gasteiger partial charge on any atom is 0.161 e. The first-order valence-corrected chi connectivity index (χ1v) is 8.30. The van der Waals surface area contributed by atoms with Gasteiger partial charge in [0.1, 0.15) is 5.82 Å². The fourth-order valence-corrected chi connectivity index (χ4v) is 2.73. The van der Waals surface area contributed by atoms with Crippen molar-refractivity contribution in [1.29, 1.82) is 0 Å². The summed E-state index contributed by atoms with van der Waals surface area (Å²) in [5.41, 5.74) is 2.99. The standard InChI is InChI=1S/C16H19BrClN3/c1-4-8-19-16-14(17)13(5-2)20-15(21-16)11-7-6-10(3)12(18)9-11/h6-7,9H,4-5,8H2,1-3H3,(H,19,20,21). The number of benzene rings is 1. The topological polar surface area (TPSA) is 37.8 Å². The van der Waals surface area contributed by atoms with E-state index in [4.69, 9.17) is 11.6 Å². The predicted octanol–water partition coefficient (Wildman–Crippen LogP) is 5.25. The van der Waals surface area contributed by atoms with E-state index in [1.807, 2.05) is 25.1 Å². The second-order valence-electron chi connectivity index (χ2n) is 4.90. The molecule has 2 rings (SSSR count). The van der Waals surface area contributed by atoms with Crippen LogP contribution in [0.2, 0.25) is 5.02 Å². The first kappa shape index (κ1) is 16.2. The largest absolute Gasteiger partial charge is 0.369 e. The zero-order valence-corrected chi connectivity index (χ0v) is 14.8. The highest BCUT2D eigenvalue weighted by Crippen LogP contribution is 2.29. The molecule has 0 radical (unpaired) electrons. The van der Waals surface area contributed by atoms with Crippen molar-refractivity contribution in [3.05, 3.63) is 39.0 Å². The van der Waals surface area contributed by atoms with Gasteiger partial charge in [0.25, 0.3) is 0 Å². The molecular weight excluding hydrogens is 350 g/mol. The number of hydrogen-bond donors (Lipinski definition) is 1. The third-order valence-corrected chi connectivity index (χ3v) is 4.47. The Morgan fingerprint density at radius 2 is 2.00 bits per heavy atom. The SMILES string of the molecule is CCCNc1nc(-c2ccc(C)c(Cl)c2)nc(CC)c1Br. The van der Waals surface area contributed by atoms with Gasteiger partial charge in [-0.05, 0) is 47.3 Å². The van der Waals surface area contributed by atoms with Gasteiger partial charge in [-0.3, -0.25) is 0 Å². The van der Waals surface area contributed by atoms with Crippen LogP contribution >= 0.6 is 27.5 Å². The van der Waals surface area contributed by atoms with Crippen LogP contribution < -0.4 is 5.32 Å². The van der Waals surface area contributed by atoms with E-state index in [2.05, 4.69) is 45.1 Å². The molecule has 0 aliphatic rings. The van der Waals surface area contributed by atoms with Gasteiger partial charge in [-0.2, -0.15) is 0 Å². The minimum atomic E-state index is 0.704. The molecule has 21 heavy (non-hydrogen) atoms. The lowest BCUT2D eigenvalue weighted by atomic mass is 10.1. The fraction of sp³-hybridized carbons (Fsp3) is 0.375. The zero-order valence-electron chi connectivity index (χ0n) is 12.5. The molecule has 5 heteroatoms. The summed E-state index contributed by atoms with van der Waals surface area (Å²) in [6.45, 7) is 7.08. The van der Waals surface area contributed by atoms with Gasteiger partial charge in [0.15, 0.2) is 5.82 Å². The van der Waals surface area contributed by atoms with Gasteiger partial charge in [-0.15, -0.1) is 0 Å². The molecule has 0 fully saturated rings. The zero-order chi connectivity index (χ0) is 15.4. The average molecular weight is 369 g/mol. The number of anilines is 1. The first-order valence-electron chi connectivity index (χ1n) is 7.13. The quantitative estimate of drug-likeness (QED) is 0.783. The lowest BCUT2D eigenvalue weighted by Gasteiger charge is -2.12. The van der Waals surface area contributed by atoms with Gasteiger partial charge < -0.3 is 5.32 Å². The maximum atomic E-state index is 6.21. The Morgan fingerprint density at radius 1 is 1.24 bits per heavy atom. The van der Waals surface area contributed by atoms with Crippen molar-refractivity contribution in [1.82, 2.24) is 9.97 Å². The molecule has 1 aromatic heterocycles. The molecule has 0 unspecified atom stereocenters. The Balaban J connectivity index is 2.49. The average Bonchev–Trinajstić information content (AvgIpc) is 2.49. The van der Waals surface area contributed by atoms with Crippen LogP contribution in [0.3, 0.4) is 0 Å². The van der Waals surface area contributed by atoms with Crippen molar-refractivity contribution in [2.24, 2.45) is 0 Å². The molecule has 0 spiro atoms. The van der Waals surface area contributed by atoms with Crippen LogP contribution in [-0.2, 0) is 6.42 Å². The molecular formula is C16H19BrClN3. The minimum Gasteiger partial charge on any atom is -0.369 e. The molecule has 1 aromatic carbocycles. The maximum absolute atomic E-state index is 6.21. The Hall–Kier alpha value is -1.13. The molecule has 0 atom stereocenters. The summed E-state index contributed by atoms with van der Waals surface area (Å²) in [5.74, 6) is 1.55. The van der Waals surface area contributed by atoms with Crippen molar-refractivity contribution < 1.29 is 0 Å². The highest BCUT2D eigenvalue weighted by Gasteiger charge is 2.12. The minimum absolute atomic E-state index is 0.704. The Kier molecular flexibility index (Phi) is 5.59. The Bertz CT molecular complexity index is 644. The van der Waals surface area contributed by atoms with E-state index in [1.165, 1.54) is 0 Å². The second kappa shape index (κ2) is 7.23. The highest BCUT2D eigenvalue weighted by atomic mass is 79.9. The van der Waals surface area contributed by atoms with Crippen LogP contribution in [0.1, 0.15) is 31.5 Å². The van der Waals surface area contributed by atoms with Crippen LogP contribution in [0.25, 0.3) is 11.4 Å². The summed E-state index contributed by atoms with van der Waals surface area (Å²) >= 11 is 9.80. The third-order valence-electron chi connectivity index (χ3n) is 3.23. The van der Waals surface area contributed by atoms with Gasteiger partial charge in [0.05, 0.1) is 10.2 Å². The van der Waals surface area contributed by atoms with Crippen LogP contribution in [0.5, 0.6) is 0 Å². The van der Waals surface area contributed by atoms with Crippen molar-refractivity contribution in [2.75, 3.05) is 11.9 Å². The molecule has 0 aliphatic heterocycles. The molecule has 0 saturated heterocycles. The van der Waals surface area contributed by atoms with Crippen LogP contribution in [0.4, 0.5) is 5.82 Å².